The summed E-state index contributed by atoms with van der Waals surface area (Å²) in [5, 5.41) is 0. The zero-order valence-electron chi connectivity index (χ0n) is 14.0. The average Bonchev–Trinajstić information content (AvgIpc) is 2.91. The van der Waals surface area contributed by atoms with Gasteiger partial charge in [0, 0.05) is 12.6 Å². The molecular weight excluding hydrogens is 318 g/mol. The first kappa shape index (κ1) is 15.9. The summed E-state index contributed by atoms with van der Waals surface area (Å²) in [6, 6.07) is 19.1. The Balaban J connectivity index is 1.77. The molecule has 4 rings (SSSR count). The molecule has 1 saturated heterocycles. The first-order valence-corrected chi connectivity index (χ1v) is 10.4. The third-order valence-electron chi connectivity index (χ3n) is 5.78. The van der Waals surface area contributed by atoms with Crippen LogP contribution in [0.4, 0.5) is 0 Å². The van der Waals surface area contributed by atoms with Gasteiger partial charge in [0.25, 0.3) is 0 Å². The Kier molecular flexibility index (Phi) is 3.77. The van der Waals surface area contributed by atoms with E-state index in [9.17, 15) is 8.42 Å². The molecule has 0 spiro atoms. The monoisotopic (exact) mass is 341 g/mol. The molecule has 1 aliphatic heterocycles. The van der Waals surface area contributed by atoms with Crippen LogP contribution >= 0.6 is 0 Å². The molecule has 0 saturated carbocycles. The van der Waals surface area contributed by atoms with Crippen LogP contribution in [0.1, 0.15) is 23.1 Å². The van der Waals surface area contributed by atoms with Crippen LogP contribution in [0.3, 0.4) is 0 Å². The molecule has 3 nitrogen and oxygen atoms in total. The highest BCUT2D eigenvalue weighted by atomic mass is 32.2. The van der Waals surface area contributed by atoms with E-state index in [1.165, 1.54) is 22.9 Å². The molecule has 0 aromatic heterocycles. The van der Waals surface area contributed by atoms with Crippen molar-refractivity contribution >= 4 is 10.0 Å². The Morgan fingerprint density at radius 1 is 1.04 bits per heavy atom. The predicted octanol–water partition coefficient (Wildman–Crippen LogP) is 3.05. The Labute approximate surface area is 144 Å². The van der Waals surface area contributed by atoms with Gasteiger partial charge in [-0.3, -0.25) is 0 Å². The molecule has 1 heterocycles. The maximum Gasteiger partial charge on any atom is 0.211 e. The molecule has 0 unspecified atom stereocenters. The van der Waals surface area contributed by atoms with Crippen LogP contribution in [-0.2, 0) is 29.3 Å². The Hall–Kier alpha value is -1.65. The number of fused-ring (bicyclic) bond motifs is 2. The second-order valence-electron chi connectivity index (χ2n) is 7.31. The van der Waals surface area contributed by atoms with Crippen molar-refractivity contribution in [3.8, 4) is 0 Å². The van der Waals surface area contributed by atoms with E-state index in [1.807, 2.05) is 6.07 Å². The minimum atomic E-state index is -3.17. The van der Waals surface area contributed by atoms with Crippen LogP contribution in [-0.4, -0.2) is 31.6 Å². The number of benzene rings is 2. The first-order valence-electron chi connectivity index (χ1n) is 8.55. The van der Waals surface area contributed by atoms with Gasteiger partial charge in [-0.15, -0.1) is 0 Å². The quantitative estimate of drug-likeness (QED) is 0.860. The van der Waals surface area contributed by atoms with Gasteiger partial charge in [-0.05, 0) is 47.8 Å². The van der Waals surface area contributed by atoms with Gasteiger partial charge in [0.2, 0.25) is 10.0 Å². The maximum absolute atomic E-state index is 12.3. The molecular formula is C20H23NO2S. The van der Waals surface area contributed by atoms with Crippen LogP contribution in [0, 0.1) is 5.41 Å². The van der Waals surface area contributed by atoms with Crippen LogP contribution in [0.5, 0.6) is 0 Å². The second-order valence-corrected chi connectivity index (χ2v) is 9.25. The lowest BCUT2D eigenvalue weighted by molar-refractivity contribution is 0.189. The van der Waals surface area contributed by atoms with E-state index in [-0.39, 0.29) is 11.5 Å². The highest BCUT2D eigenvalue weighted by Crippen LogP contribution is 2.48. The van der Waals surface area contributed by atoms with Crippen LogP contribution < -0.4 is 0 Å². The molecule has 126 valence electrons. The normalized spacial score (nSPS) is 26.8. The molecule has 2 aromatic carbocycles. The molecule has 0 radical (unpaired) electrons. The summed E-state index contributed by atoms with van der Waals surface area (Å²) in [7, 11) is -3.17. The van der Waals surface area contributed by atoms with Gasteiger partial charge >= 0.3 is 0 Å². The van der Waals surface area contributed by atoms with E-state index in [4.69, 9.17) is 0 Å². The van der Waals surface area contributed by atoms with E-state index in [0.717, 1.165) is 25.7 Å². The van der Waals surface area contributed by atoms with E-state index >= 15 is 0 Å². The van der Waals surface area contributed by atoms with Gasteiger partial charge in [0.15, 0.2) is 0 Å². The van der Waals surface area contributed by atoms with Gasteiger partial charge in [0.05, 0.1) is 6.26 Å². The van der Waals surface area contributed by atoms with Crippen LogP contribution in [0.25, 0.3) is 0 Å². The largest absolute Gasteiger partial charge is 0.212 e. The fraction of sp³-hybridized carbons (Fsp3) is 0.400. The number of rotatable bonds is 3. The average molecular weight is 341 g/mol. The lowest BCUT2D eigenvalue weighted by Gasteiger charge is -2.42. The highest BCUT2D eigenvalue weighted by Gasteiger charge is 2.52. The zero-order chi connectivity index (χ0) is 16.8. The Morgan fingerprint density at radius 2 is 1.71 bits per heavy atom. The molecule has 0 bridgehead atoms. The third kappa shape index (κ3) is 2.68. The fourth-order valence-electron chi connectivity index (χ4n) is 4.67. The van der Waals surface area contributed by atoms with Crippen molar-refractivity contribution < 1.29 is 8.42 Å². The van der Waals surface area contributed by atoms with Crippen molar-refractivity contribution in [3.63, 3.8) is 0 Å². The van der Waals surface area contributed by atoms with Crippen molar-refractivity contribution in [2.45, 2.75) is 31.7 Å². The van der Waals surface area contributed by atoms with E-state index < -0.39 is 10.0 Å². The Bertz CT molecular complexity index is 847. The lowest BCUT2D eigenvalue weighted by atomic mass is 9.65. The summed E-state index contributed by atoms with van der Waals surface area (Å²) < 4.78 is 26.4. The SMILES string of the molecule is CS(=O)(=O)N1CC[C@@]2(Cc3ccccc3)Cc3ccccc3C[C@@H]12. The number of hydrogen-bond donors (Lipinski definition) is 0. The Morgan fingerprint density at radius 3 is 2.42 bits per heavy atom. The maximum atomic E-state index is 12.3. The van der Waals surface area contributed by atoms with Gasteiger partial charge in [-0.25, -0.2) is 8.42 Å². The highest BCUT2D eigenvalue weighted by molar-refractivity contribution is 7.88. The van der Waals surface area contributed by atoms with Crippen molar-refractivity contribution in [3.05, 3.63) is 71.3 Å². The number of hydrogen-bond acceptors (Lipinski definition) is 2. The van der Waals surface area contributed by atoms with E-state index in [1.54, 1.807) is 4.31 Å². The summed E-state index contributed by atoms with van der Waals surface area (Å²) in [4.78, 5) is 0. The smallest absolute Gasteiger partial charge is 0.211 e. The molecule has 0 N–H and O–H groups in total. The standard InChI is InChI=1S/C20H23NO2S/c1-24(22,23)21-12-11-20(14-16-7-3-2-4-8-16)15-18-10-6-5-9-17(18)13-19(20)21/h2-10,19H,11-15H2,1H3/t19-,20-/m1/s1. The minimum absolute atomic E-state index is 0.0127. The van der Waals surface area contributed by atoms with Crippen LogP contribution in [0.15, 0.2) is 54.6 Å². The summed E-state index contributed by atoms with van der Waals surface area (Å²) >= 11 is 0. The molecule has 24 heavy (non-hydrogen) atoms. The lowest BCUT2D eigenvalue weighted by Crippen LogP contribution is -2.48. The van der Waals surface area contributed by atoms with E-state index in [2.05, 4.69) is 48.5 Å². The summed E-state index contributed by atoms with van der Waals surface area (Å²) in [5.74, 6) is 0. The fourth-order valence-corrected chi connectivity index (χ4v) is 5.85. The van der Waals surface area contributed by atoms with Gasteiger partial charge in [0.1, 0.15) is 0 Å². The summed E-state index contributed by atoms with van der Waals surface area (Å²) in [5.41, 5.74) is 4.01. The van der Waals surface area contributed by atoms with Gasteiger partial charge in [-0.1, -0.05) is 54.6 Å². The van der Waals surface area contributed by atoms with Crippen molar-refractivity contribution in [2.75, 3.05) is 12.8 Å². The molecule has 1 fully saturated rings. The van der Waals surface area contributed by atoms with Crippen LogP contribution in [0.2, 0.25) is 0 Å². The second kappa shape index (κ2) is 5.71. The van der Waals surface area contributed by atoms with Gasteiger partial charge in [-0.2, -0.15) is 4.31 Å². The van der Waals surface area contributed by atoms with Gasteiger partial charge < -0.3 is 0 Å². The first-order chi connectivity index (χ1) is 11.5. The van der Waals surface area contributed by atoms with Crippen molar-refractivity contribution in [1.82, 2.24) is 4.31 Å². The zero-order valence-corrected chi connectivity index (χ0v) is 14.8. The third-order valence-corrected chi connectivity index (χ3v) is 7.07. The summed E-state index contributed by atoms with van der Waals surface area (Å²) in [6.45, 7) is 0.643. The van der Waals surface area contributed by atoms with E-state index in [0.29, 0.717) is 6.54 Å². The number of sulfonamides is 1. The number of nitrogens with zero attached hydrogens (tertiary/aromatic N) is 1. The topological polar surface area (TPSA) is 37.4 Å². The minimum Gasteiger partial charge on any atom is -0.212 e. The molecule has 2 aromatic rings. The van der Waals surface area contributed by atoms with Crippen molar-refractivity contribution in [1.29, 1.82) is 0 Å². The molecule has 0 amide bonds. The predicted molar refractivity (Wildman–Crippen MR) is 96.4 cm³/mol. The summed E-state index contributed by atoms with van der Waals surface area (Å²) in [6.07, 6.45) is 5.03. The van der Waals surface area contributed by atoms with Crippen molar-refractivity contribution in [2.24, 2.45) is 5.41 Å². The molecule has 4 heteroatoms. The molecule has 2 atom stereocenters. The molecule has 1 aliphatic carbocycles. The molecule has 2 aliphatic rings.